The summed E-state index contributed by atoms with van der Waals surface area (Å²) in [6, 6.07) is 5.50. The van der Waals surface area contributed by atoms with Crippen molar-refractivity contribution in [3.8, 4) is 22.5 Å². The number of aromatic carboxylic acids is 1. The maximum atomic E-state index is 12.7. The summed E-state index contributed by atoms with van der Waals surface area (Å²) in [5.41, 5.74) is 5.40. The standard InChI is InChI=1S/C32H33N9O2/c1-18-7-25(38-39-29(18)37-27-3-5-33-17-35-27)26-15-34-30-28(31(42)43)23(4-6-40(26)30)24-14-36-41(19(24)2)16-32-11-20-8-21(12-32)10-22(9-20)13-32/h3-7,14-15,17,20-22H,8-13,16H2,1-2H3,(H,42,43)(H,33,35,37,39). The third-order valence-electron chi connectivity index (χ3n) is 10.0. The summed E-state index contributed by atoms with van der Waals surface area (Å²) in [5, 5.41) is 27.1. The van der Waals surface area contributed by atoms with Crippen LogP contribution in [0.5, 0.6) is 0 Å². The molecule has 4 fully saturated rings. The lowest BCUT2D eigenvalue weighted by Crippen LogP contribution is -2.48. The molecule has 11 nitrogen and oxygen atoms in total. The van der Waals surface area contributed by atoms with Gasteiger partial charge in [0, 0.05) is 35.8 Å². The zero-order valence-corrected chi connectivity index (χ0v) is 24.2. The Balaban J connectivity index is 1.12. The van der Waals surface area contributed by atoms with Crippen molar-refractivity contribution >= 4 is 23.3 Å². The van der Waals surface area contributed by atoms with E-state index in [4.69, 9.17) is 5.10 Å². The first kappa shape index (κ1) is 26.0. The van der Waals surface area contributed by atoms with Gasteiger partial charge in [0.2, 0.25) is 0 Å². The topological polar surface area (TPSA) is 136 Å². The van der Waals surface area contributed by atoms with Gasteiger partial charge < -0.3 is 10.4 Å². The van der Waals surface area contributed by atoms with Crippen LogP contribution in [0.15, 0.2) is 49.3 Å². The average Bonchev–Trinajstić information content (AvgIpc) is 3.56. The third-order valence-corrected chi connectivity index (χ3v) is 10.0. The molecule has 218 valence electrons. The Morgan fingerprint density at radius 1 is 1.02 bits per heavy atom. The molecule has 0 aromatic carbocycles. The minimum absolute atomic E-state index is 0.151. The van der Waals surface area contributed by atoms with Crippen LogP contribution in [-0.2, 0) is 6.54 Å². The van der Waals surface area contributed by atoms with Crippen molar-refractivity contribution in [2.75, 3.05) is 5.32 Å². The van der Waals surface area contributed by atoms with Gasteiger partial charge >= 0.3 is 5.97 Å². The van der Waals surface area contributed by atoms with E-state index in [1.165, 1.54) is 44.9 Å². The zero-order chi connectivity index (χ0) is 29.3. The molecule has 0 amide bonds. The van der Waals surface area contributed by atoms with Crippen LogP contribution in [0, 0.1) is 37.0 Å². The first-order chi connectivity index (χ1) is 20.9. The number of pyridine rings is 1. The maximum Gasteiger partial charge on any atom is 0.340 e. The van der Waals surface area contributed by atoms with Gasteiger partial charge in [-0.2, -0.15) is 5.10 Å². The summed E-state index contributed by atoms with van der Waals surface area (Å²) < 4.78 is 3.90. The molecule has 5 heterocycles. The molecule has 0 saturated heterocycles. The van der Waals surface area contributed by atoms with Crippen molar-refractivity contribution in [1.82, 2.24) is 39.3 Å². The smallest absolute Gasteiger partial charge is 0.340 e. The van der Waals surface area contributed by atoms with Gasteiger partial charge in [-0.05, 0) is 99.3 Å². The van der Waals surface area contributed by atoms with Crippen LogP contribution in [0.3, 0.4) is 0 Å². The largest absolute Gasteiger partial charge is 0.478 e. The number of fused-ring (bicyclic) bond motifs is 1. The first-order valence-electron chi connectivity index (χ1n) is 15.0. The molecular weight excluding hydrogens is 542 g/mol. The number of aromatic nitrogens is 8. The predicted octanol–water partition coefficient (Wildman–Crippen LogP) is 5.72. The highest BCUT2D eigenvalue weighted by molar-refractivity contribution is 6.02. The summed E-state index contributed by atoms with van der Waals surface area (Å²) in [7, 11) is 0. The fourth-order valence-corrected chi connectivity index (χ4v) is 8.57. The molecular formula is C32H33N9O2. The minimum Gasteiger partial charge on any atom is -0.478 e. The number of hydrogen-bond donors (Lipinski definition) is 2. The average molecular weight is 576 g/mol. The number of rotatable bonds is 7. The van der Waals surface area contributed by atoms with E-state index in [0.29, 0.717) is 39.6 Å². The second-order valence-electron chi connectivity index (χ2n) is 12.9. The van der Waals surface area contributed by atoms with E-state index in [1.54, 1.807) is 22.9 Å². The predicted molar refractivity (Wildman–Crippen MR) is 160 cm³/mol. The lowest BCUT2D eigenvalue weighted by molar-refractivity contribution is -0.0638. The summed E-state index contributed by atoms with van der Waals surface area (Å²) in [5.74, 6) is 2.78. The monoisotopic (exact) mass is 575 g/mol. The van der Waals surface area contributed by atoms with Crippen molar-refractivity contribution in [2.24, 2.45) is 23.2 Å². The minimum atomic E-state index is -1.03. The SMILES string of the molecule is Cc1cc(-c2cnc3c(C(=O)O)c(-c4cnn(CC56CC7CC(CC(C7)C5)C6)c4C)ccn23)nnc1Nc1ccncn1. The van der Waals surface area contributed by atoms with Crippen molar-refractivity contribution in [1.29, 1.82) is 0 Å². The van der Waals surface area contributed by atoms with Gasteiger partial charge in [0.05, 0.1) is 18.1 Å². The normalized spacial score (nSPS) is 24.1. The second kappa shape index (κ2) is 9.68. The molecule has 11 heteroatoms. The van der Waals surface area contributed by atoms with Gasteiger partial charge in [-0.3, -0.25) is 9.08 Å². The molecule has 5 aromatic rings. The molecule has 0 radical (unpaired) electrons. The maximum absolute atomic E-state index is 12.7. The number of carboxylic acids is 1. The number of aryl methyl sites for hydroxylation is 1. The van der Waals surface area contributed by atoms with Crippen LogP contribution >= 0.6 is 0 Å². The number of carboxylic acid groups (broad SMARTS) is 1. The van der Waals surface area contributed by atoms with E-state index in [0.717, 1.165) is 41.1 Å². The molecule has 4 aliphatic carbocycles. The molecule has 4 saturated carbocycles. The van der Waals surface area contributed by atoms with Crippen molar-refractivity contribution in [3.63, 3.8) is 0 Å². The molecule has 5 aromatic heterocycles. The van der Waals surface area contributed by atoms with Gasteiger partial charge in [0.25, 0.3) is 0 Å². The van der Waals surface area contributed by atoms with Gasteiger partial charge in [-0.25, -0.2) is 19.7 Å². The number of hydrogen-bond acceptors (Lipinski definition) is 8. The highest BCUT2D eigenvalue weighted by atomic mass is 16.4. The zero-order valence-electron chi connectivity index (χ0n) is 24.2. The fraction of sp³-hybridized carbons (Fsp3) is 0.406. The van der Waals surface area contributed by atoms with Crippen molar-refractivity contribution in [2.45, 2.75) is 58.9 Å². The van der Waals surface area contributed by atoms with Gasteiger partial charge in [0.15, 0.2) is 11.5 Å². The number of anilines is 2. The molecule has 0 atom stereocenters. The van der Waals surface area contributed by atoms with Crippen LogP contribution < -0.4 is 5.32 Å². The van der Waals surface area contributed by atoms with Crippen LogP contribution in [0.25, 0.3) is 28.2 Å². The lowest BCUT2D eigenvalue weighted by Gasteiger charge is -2.56. The Morgan fingerprint density at radius 2 is 1.79 bits per heavy atom. The lowest BCUT2D eigenvalue weighted by atomic mass is 9.49. The second-order valence-corrected chi connectivity index (χ2v) is 12.9. The molecule has 2 N–H and O–H groups in total. The quantitative estimate of drug-likeness (QED) is 0.250. The van der Waals surface area contributed by atoms with Crippen LogP contribution in [-0.4, -0.2) is 50.4 Å². The Hall–Kier alpha value is -4.67. The summed E-state index contributed by atoms with van der Waals surface area (Å²) in [6.45, 7) is 4.90. The highest BCUT2D eigenvalue weighted by Gasteiger charge is 2.51. The molecule has 0 aliphatic heterocycles. The number of nitrogens with zero attached hydrogens (tertiary/aromatic N) is 8. The van der Waals surface area contributed by atoms with E-state index in [1.807, 2.05) is 31.5 Å². The first-order valence-corrected chi connectivity index (χ1v) is 15.0. The molecule has 0 unspecified atom stereocenters. The Morgan fingerprint density at radius 3 is 2.47 bits per heavy atom. The Kier molecular flexibility index (Phi) is 5.85. The molecule has 4 aliphatic rings. The number of carbonyl (C=O) groups is 1. The molecule has 9 rings (SSSR count). The summed E-state index contributed by atoms with van der Waals surface area (Å²) >= 11 is 0. The number of imidazole rings is 1. The van der Waals surface area contributed by atoms with Crippen LogP contribution in [0.4, 0.5) is 11.6 Å². The van der Waals surface area contributed by atoms with Gasteiger partial charge in [0.1, 0.15) is 23.4 Å². The molecule has 4 bridgehead atoms. The van der Waals surface area contributed by atoms with E-state index in [9.17, 15) is 9.90 Å². The fourth-order valence-electron chi connectivity index (χ4n) is 8.57. The highest BCUT2D eigenvalue weighted by Crippen LogP contribution is 2.60. The molecule has 43 heavy (non-hydrogen) atoms. The van der Waals surface area contributed by atoms with E-state index >= 15 is 0 Å². The summed E-state index contributed by atoms with van der Waals surface area (Å²) in [6.07, 6.45) is 16.6. The number of nitrogens with one attached hydrogen (secondary N) is 1. The van der Waals surface area contributed by atoms with E-state index in [-0.39, 0.29) is 5.56 Å². The van der Waals surface area contributed by atoms with E-state index < -0.39 is 5.97 Å². The Bertz CT molecular complexity index is 1840. The van der Waals surface area contributed by atoms with Crippen LogP contribution in [0.2, 0.25) is 0 Å². The third kappa shape index (κ3) is 4.36. The van der Waals surface area contributed by atoms with Crippen LogP contribution in [0.1, 0.15) is 60.1 Å². The van der Waals surface area contributed by atoms with Crippen molar-refractivity contribution < 1.29 is 9.90 Å². The van der Waals surface area contributed by atoms with Gasteiger partial charge in [-0.15, -0.1) is 10.2 Å². The summed E-state index contributed by atoms with van der Waals surface area (Å²) in [4.78, 5) is 25.4. The van der Waals surface area contributed by atoms with Gasteiger partial charge in [-0.1, -0.05) is 0 Å². The van der Waals surface area contributed by atoms with E-state index in [2.05, 4.69) is 42.1 Å². The molecule has 0 spiro atoms. The van der Waals surface area contributed by atoms with Crippen molar-refractivity contribution in [3.05, 3.63) is 66.1 Å². The Labute approximate surface area is 248 Å².